The van der Waals surface area contributed by atoms with Gasteiger partial charge < -0.3 is 19.5 Å². The van der Waals surface area contributed by atoms with Crippen molar-refractivity contribution in [2.45, 2.75) is 58.4 Å². The lowest BCUT2D eigenvalue weighted by molar-refractivity contribution is -0.133. The Kier molecular flexibility index (Phi) is 5.95. The normalized spacial score (nSPS) is 27.4. The summed E-state index contributed by atoms with van der Waals surface area (Å²) in [6.07, 6.45) is 10.9. The first-order valence-corrected chi connectivity index (χ1v) is 11.1. The highest BCUT2D eigenvalue weighted by Crippen LogP contribution is 2.43. The van der Waals surface area contributed by atoms with E-state index in [1.807, 2.05) is 27.5 Å². The molecule has 0 aromatic carbocycles. The van der Waals surface area contributed by atoms with Crippen molar-refractivity contribution in [2.24, 2.45) is 17.3 Å². The molecule has 2 saturated heterocycles. The quantitative estimate of drug-likeness (QED) is 0.787. The second-order valence-electron chi connectivity index (χ2n) is 9.39. The van der Waals surface area contributed by atoms with Gasteiger partial charge in [-0.15, -0.1) is 0 Å². The molecule has 2 aliphatic heterocycles. The number of imidazole rings is 1. The number of aromatic nitrogens is 2. The molecule has 1 aromatic heterocycles. The van der Waals surface area contributed by atoms with Gasteiger partial charge in [0.1, 0.15) is 5.82 Å². The predicted molar refractivity (Wildman–Crippen MR) is 109 cm³/mol. The molecule has 1 N–H and O–H groups in total. The van der Waals surface area contributed by atoms with Crippen LogP contribution >= 0.6 is 0 Å². The molecule has 0 spiro atoms. The van der Waals surface area contributed by atoms with Gasteiger partial charge in [0.15, 0.2) is 0 Å². The van der Waals surface area contributed by atoms with Crippen molar-refractivity contribution in [1.82, 2.24) is 19.4 Å². The topological polar surface area (TPSA) is 78.7 Å². The Morgan fingerprint density at radius 3 is 2.41 bits per heavy atom. The fraction of sp³-hybridized carbons (Fsp3) is 0.773. The number of aliphatic hydroxyl groups excluding tert-OH is 1. The van der Waals surface area contributed by atoms with Crippen LogP contribution in [0, 0.1) is 24.2 Å². The molecule has 2 amide bonds. The van der Waals surface area contributed by atoms with Gasteiger partial charge in [-0.05, 0) is 25.7 Å². The van der Waals surface area contributed by atoms with Crippen LogP contribution in [0.3, 0.4) is 0 Å². The van der Waals surface area contributed by atoms with E-state index in [1.54, 1.807) is 6.20 Å². The molecule has 29 heavy (non-hydrogen) atoms. The number of likely N-dealkylation sites (tertiary alicyclic amines) is 2. The van der Waals surface area contributed by atoms with Crippen molar-refractivity contribution in [3.05, 3.63) is 18.2 Å². The Labute approximate surface area is 173 Å². The fourth-order valence-electron chi connectivity index (χ4n) is 5.57. The zero-order chi connectivity index (χ0) is 20.4. The Bertz CT molecular complexity index is 742. The van der Waals surface area contributed by atoms with Crippen molar-refractivity contribution >= 4 is 11.8 Å². The summed E-state index contributed by atoms with van der Waals surface area (Å²) in [7, 11) is 0. The van der Waals surface area contributed by atoms with Crippen LogP contribution in [0.4, 0.5) is 0 Å². The van der Waals surface area contributed by atoms with Crippen molar-refractivity contribution in [3.63, 3.8) is 0 Å². The van der Waals surface area contributed by atoms with Gasteiger partial charge in [-0.25, -0.2) is 4.98 Å². The van der Waals surface area contributed by atoms with Gasteiger partial charge in [0.2, 0.25) is 11.8 Å². The van der Waals surface area contributed by atoms with E-state index in [0.29, 0.717) is 51.5 Å². The van der Waals surface area contributed by atoms with Gasteiger partial charge in [-0.1, -0.05) is 19.3 Å². The summed E-state index contributed by atoms with van der Waals surface area (Å²) in [5.41, 5.74) is -0.344. The lowest BCUT2D eigenvalue weighted by atomic mass is 9.82. The number of aryl methyl sites for hydroxylation is 2. The zero-order valence-corrected chi connectivity index (χ0v) is 17.6. The standard InChI is InChI=1S/C22H34N4O3/c1-17-23-8-10-24(17)9-7-20(28)25-12-19-13-26(15-22(19,14-25)16-27)21(29)11-18-5-3-2-4-6-18/h8,10,18-19,27H,2-7,9,11-16H2,1H3/t19-,22+/m0/s1. The van der Waals surface area contributed by atoms with Crippen LogP contribution in [0.1, 0.15) is 50.8 Å². The molecule has 7 nitrogen and oxygen atoms in total. The lowest BCUT2D eigenvalue weighted by Gasteiger charge is -2.28. The minimum atomic E-state index is -0.344. The highest BCUT2D eigenvalue weighted by molar-refractivity contribution is 5.78. The van der Waals surface area contributed by atoms with E-state index >= 15 is 0 Å². The first-order chi connectivity index (χ1) is 14.0. The molecular weight excluding hydrogens is 368 g/mol. The number of hydrogen-bond donors (Lipinski definition) is 1. The smallest absolute Gasteiger partial charge is 0.224 e. The maximum Gasteiger partial charge on any atom is 0.224 e. The van der Waals surface area contributed by atoms with Crippen molar-refractivity contribution in [1.29, 1.82) is 0 Å². The van der Waals surface area contributed by atoms with Gasteiger partial charge in [0.25, 0.3) is 0 Å². The average molecular weight is 403 g/mol. The summed E-state index contributed by atoms with van der Waals surface area (Å²) < 4.78 is 1.99. The molecule has 1 aromatic rings. The summed E-state index contributed by atoms with van der Waals surface area (Å²) in [6, 6.07) is 0. The molecule has 2 atom stereocenters. The van der Waals surface area contributed by atoms with Crippen LogP contribution in [-0.4, -0.2) is 69.1 Å². The molecule has 0 unspecified atom stereocenters. The molecule has 3 aliphatic rings. The number of carbonyl (C=O) groups is 2. The maximum absolute atomic E-state index is 12.8. The number of nitrogens with zero attached hydrogens (tertiary/aromatic N) is 4. The molecule has 1 aliphatic carbocycles. The summed E-state index contributed by atoms with van der Waals surface area (Å²) >= 11 is 0. The Morgan fingerprint density at radius 1 is 1.14 bits per heavy atom. The van der Waals surface area contributed by atoms with E-state index in [1.165, 1.54) is 32.1 Å². The first kappa shape index (κ1) is 20.4. The number of aliphatic hydroxyl groups is 1. The molecule has 160 valence electrons. The van der Waals surface area contributed by atoms with Crippen LogP contribution < -0.4 is 0 Å². The van der Waals surface area contributed by atoms with E-state index in [2.05, 4.69) is 4.98 Å². The van der Waals surface area contributed by atoms with Gasteiger partial charge in [0, 0.05) is 69.3 Å². The number of carbonyl (C=O) groups excluding carboxylic acids is 2. The van der Waals surface area contributed by atoms with Crippen LogP contribution in [0.25, 0.3) is 0 Å². The average Bonchev–Trinajstić information content (AvgIpc) is 3.39. The molecule has 3 heterocycles. The van der Waals surface area contributed by atoms with Crippen molar-refractivity contribution in [3.8, 4) is 0 Å². The fourth-order valence-corrected chi connectivity index (χ4v) is 5.57. The summed E-state index contributed by atoms with van der Waals surface area (Å²) in [5, 5.41) is 10.2. The minimum Gasteiger partial charge on any atom is -0.396 e. The van der Waals surface area contributed by atoms with E-state index in [9.17, 15) is 14.7 Å². The van der Waals surface area contributed by atoms with Crippen LogP contribution in [0.2, 0.25) is 0 Å². The second-order valence-corrected chi connectivity index (χ2v) is 9.39. The molecule has 0 bridgehead atoms. The molecule has 4 rings (SSSR count). The van der Waals surface area contributed by atoms with Crippen molar-refractivity contribution < 1.29 is 14.7 Å². The molecule has 3 fully saturated rings. The third-order valence-electron chi connectivity index (χ3n) is 7.46. The summed E-state index contributed by atoms with van der Waals surface area (Å²) in [5.74, 6) is 2.00. The highest BCUT2D eigenvalue weighted by atomic mass is 16.3. The lowest BCUT2D eigenvalue weighted by Crippen LogP contribution is -2.41. The van der Waals surface area contributed by atoms with Gasteiger partial charge in [-0.3, -0.25) is 9.59 Å². The highest BCUT2D eigenvalue weighted by Gasteiger charge is 2.54. The van der Waals surface area contributed by atoms with Crippen molar-refractivity contribution in [2.75, 3.05) is 32.8 Å². The Balaban J connectivity index is 1.31. The summed E-state index contributed by atoms with van der Waals surface area (Å²) in [4.78, 5) is 33.6. The number of amides is 2. The maximum atomic E-state index is 12.8. The van der Waals surface area contributed by atoms with E-state index in [4.69, 9.17) is 0 Å². The second kappa shape index (κ2) is 8.46. The number of rotatable bonds is 6. The third-order valence-corrected chi connectivity index (χ3v) is 7.46. The number of fused-ring (bicyclic) bond motifs is 1. The van der Waals surface area contributed by atoms with Crippen LogP contribution in [-0.2, 0) is 16.1 Å². The minimum absolute atomic E-state index is 0.0370. The Morgan fingerprint density at radius 2 is 1.83 bits per heavy atom. The molecule has 7 heteroatoms. The van der Waals surface area contributed by atoms with Crippen LogP contribution in [0.15, 0.2) is 12.4 Å². The SMILES string of the molecule is Cc1nccn1CCC(=O)N1C[C@H]2CN(C(=O)CC3CCCCC3)C[C@@]2(CO)C1. The molecule has 0 radical (unpaired) electrons. The zero-order valence-electron chi connectivity index (χ0n) is 17.6. The predicted octanol–water partition coefficient (Wildman–Crippen LogP) is 1.83. The molecule has 1 saturated carbocycles. The van der Waals surface area contributed by atoms with Crippen LogP contribution in [0.5, 0.6) is 0 Å². The van der Waals surface area contributed by atoms with Gasteiger partial charge in [0.05, 0.1) is 6.61 Å². The molecular formula is C22H34N4O3. The monoisotopic (exact) mass is 402 g/mol. The summed E-state index contributed by atoms with van der Waals surface area (Å²) in [6.45, 7) is 5.07. The van der Waals surface area contributed by atoms with Gasteiger partial charge >= 0.3 is 0 Å². The number of hydrogen-bond acceptors (Lipinski definition) is 4. The van der Waals surface area contributed by atoms with E-state index < -0.39 is 0 Å². The van der Waals surface area contributed by atoms with E-state index in [0.717, 1.165) is 5.82 Å². The Hall–Kier alpha value is -1.89. The van der Waals surface area contributed by atoms with E-state index in [-0.39, 0.29) is 29.8 Å². The first-order valence-electron chi connectivity index (χ1n) is 11.1. The third kappa shape index (κ3) is 4.20. The van der Waals surface area contributed by atoms with Gasteiger partial charge in [-0.2, -0.15) is 0 Å². The largest absolute Gasteiger partial charge is 0.396 e.